The van der Waals surface area contributed by atoms with E-state index in [-0.39, 0.29) is 78.0 Å². The fraction of sp³-hybridized carbons (Fsp3) is 0.500. The molecule has 0 saturated carbocycles. The van der Waals surface area contributed by atoms with Crippen LogP contribution in [0.2, 0.25) is 40.2 Å². The minimum atomic E-state index is -3.64. The van der Waals surface area contributed by atoms with E-state index >= 15 is 0 Å². The molecule has 3 unspecified atom stereocenters. The van der Waals surface area contributed by atoms with Crippen molar-refractivity contribution < 1.29 is 133 Å². The Bertz CT molecular complexity index is 7450. The average molecular weight is 1980 g/mol. The Morgan fingerprint density at radius 3 is 0.555 bits per heavy atom. The van der Waals surface area contributed by atoms with Crippen molar-refractivity contribution in [3.63, 3.8) is 0 Å². The number of carbonyl (C=O) groups is 8. The number of halogens is 8. The molecule has 0 aromatic heterocycles. The highest BCUT2D eigenvalue weighted by Crippen LogP contribution is 2.35. The summed E-state index contributed by atoms with van der Waals surface area (Å²) < 4.78 is 532. The summed E-state index contributed by atoms with van der Waals surface area (Å²) in [6.07, 6.45) is -5.55. The van der Waals surface area contributed by atoms with E-state index in [9.17, 15) is 38.4 Å². The van der Waals surface area contributed by atoms with Gasteiger partial charge in [0.15, 0.2) is 46.3 Å². The zero-order chi connectivity index (χ0) is 158. The molecule has 0 aliphatic heterocycles. The van der Waals surface area contributed by atoms with Gasteiger partial charge in [0.1, 0.15) is 0 Å². The second-order valence-corrected chi connectivity index (χ2v) is 36.3. The Balaban J connectivity index is 0.00000113. The lowest BCUT2D eigenvalue weighted by Crippen LogP contribution is -2.18. The van der Waals surface area contributed by atoms with Gasteiger partial charge in [-0.3, -0.25) is 38.4 Å². The van der Waals surface area contributed by atoms with Crippen LogP contribution in [0.3, 0.4) is 0 Å². The van der Waals surface area contributed by atoms with Crippen molar-refractivity contribution in [3.8, 4) is 0 Å². The molecule has 8 nitrogen and oxygen atoms in total. The van der Waals surface area contributed by atoms with Crippen LogP contribution in [0.1, 0.15) is 449 Å². The third kappa shape index (κ3) is 53.2. The summed E-state index contributed by atoms with van der Waals surface area (Å²) in [6, 6.07) is 12.9. The Morgan fingerprint density at radius 2 is 0.391 bits per heavy atom. The van der Waals surface area contributed by atoms with Crippen LogP contribution in [-0.2, 0) is 0 Å². The largest absolute Gasteiger partial charge is 0.294 e. The first-order valence-corrected chi connectivity index (χ1v) is 41.4. The molecule has 128 heavy (non-hydrogen) atoms. The van der Waals surface area contributed by atoms with Crippen molar-refractivity contribution >= 4 is 139 Å². The van der Waals surface area contributed by atoms with Crippen LogP contribution >= 0.6 is 92.8 Å². The molecule has 0 heterocycles. The molecular formula is C112H152Cl8O8. The molecular weight excluding hydrogens is 1760 g/mol. The quantitative estimate of drug-likeness (QED) is 0.0546. The lowest BCUT2D eigenvalue weighted by atomic mass is 9.82. The number of carbonyl (C=O) groups excluding carboxylic acids is 8. The minimum Gasteiger partial charge on any atom is -0.294 e. The topological polar surface area (TPSA) is 137 Å². The molecule has 8 atom stereocenters. The molecule has 704 valence electrons. The molecule has 8 rings (SSSR count). The van der Waals surface area contributed by atoms with Gasteiger partial charge < -0.3 is 0 Å². The first kappa shape index (κ1) is 48.6. The van der Waals surface area contributed by atoms with Crippen LogP contribution in [-0.4, -0.2) is 46.3 Å². The van der Waals surface area contributed by atoms with Gasteiger partial charge in [-0.2, -0.15) is 0 Å². The monoisotopic (exact) mass is 1970 g/mol. The van der Waals surface area contributed by atoms with Gasteiger partial charge in [-0.25, -0.2) is 0 Å². The van der Waals surface area contributed by atoms with Crippen molar-refractivity contribution in [2.45, 2.75) is 272 Å². The third-order valence-electron chi connectivity index (χ3n) is 15.8. The van der Waals surface area contributed by atoms with Crippen molar-refractivity contribution in [2.24, 2.45) is 90.5 Å². The molecule has 0 spiro atoms. The van der Waals surface area contributed by atoms with Crippen molar-refractivity contribution in [1.29, 1.82) is 0 Å². The van der Waals surface area contributed by atoms with Crippen LogP contribution < -0.4 is 0 Å². The fourth-order valence-electron chi connectivity index (χ4n) is 11.1. The fourth-order valence-corrected chi connectivity index (χ4v) is 12.4. The molecule has 0 aliphatic rings. The summed E-state index contributed by atoms with van der Waals surface area (Å²) in [5.41, 5.74) is -19.3. The summed E-state index contributed by atoms with van der Waals surface area (Å²) in [6.45, 7) is -25.8. The SMILES string of the molecule is [2H]C(C)(CC(C([2H])([2H])[2H])(C([2H])([2H])[2H])C([2H])([2H])[2H])C(=O)c1cccc(Cl)c1.[2H]C([2H])([2H])C(C)(C)C[C@@]([2H])(C)C(=O)c1cccc(Cl)c1.[2H]C([2H])([2H])C(C)(C[C@@]([2H])(C)C(=O)c1cccc(Cl)c1)C([2H])([2H])[2H].[2H]C([2H])([2H])C(C[C@@]([2H])(C)C(=O)c1cccc(Cl)c1)(C([2H])([2H])[2H])C([2H])([2H])[2H].[2H]c1c([2H])c(Cl)c([2H])c(C(=O)C([2H])(C)CC(C([2H])([2H])[2H])(C([2H])([2H])[2H])C([2H])([2H])[2H])c1[2H].[2H]c1c([2H])c(Cl)c([2H])c(C(=O)C([2H])(C)CC(C)(C)C)c1[2H].[2H]c1c([2H])c(Cl)c([2H])c(C(=O)[C@]([2H])(C)CC(C([2H])([2H])[2H])(C([2H])([2H])[2H])C([2H])([2H])[2H])c1[2H].[2H]c1c([2H])c(Cl)c([2H])c(C(=O)[C@]([2H])(C)CC(C)(C)C)c1[2H]. The summed E-state index contributed by atoms with van der Waals surface area (Å²) >= 11 is 46.4. The summed E-state index contributed by atoms with van der Waals surface area (Å²) in [4.78, 5) is 101. The van der Waals surface area contributed by atoms with E-state index in [1.807, 2.05) is 41.5 Å². The normalized spacial score (nSPS) is 24.9. The Hall–Kier alpha value is -6.56. The first-order valence-electron chi connectivity index (χ1n) is 72.8. The van der Waals surface area contributed by atoms with Crippen LogP contribution in [0.4, 0.5) is 0 Å². The molecule has 0 fully saturated rings. The maximum Gasteiger partial charge on any atom is 0.165 e. The molecule has 0 radical (unpaired) electrons. The summed E-state index contributed by atoms with van der Waals surface area (Å²) in [5, 5.41) is -0.867. The highest BCUT2D eigenvalue weighted by atomic mass is 35.5. The number of ketones is 8. The van der Waals surface area contributed by atoms with Crippen molar-refractivity contribution in [1.82, 2.24) is 0 Å². The smallest absolute Gasteiger partial charge is 0.165 e. The van der Waals surface area contributed by atoms with Crippen LogP contribution in [0.15, 0.2) is 194 Å². The third-order valence-corrected chi connectivity index (χ3v) is 17.5. The van der Waals surface area contributed by atoms with E-state index in [0.29, 0.717) is 15.6 Å². The number of hydrogen-bond acceptors (Lipinski definition) is 8. The van der Waals surface area contributed by atoms with Gasteiger partial charge in [0.2, 0.25) is 0 Å². The number of Topliss-reactive ketones (excluding diaryl/α,β-unsaturated/α-hetero) is 8. The van der Waals surface area contributed by atoms with Gasteiger partial charge >= 0.3 is 0 Å². The Morgan fingerprint density at radius 1 is 0.234 bits per heavy atom. The van der Waals surface area contributed by atoms with E-state index in [1.165, 1.54) is 94.4 Å². The lowest BCUT2D eigenvalue weighted by Gasteiger charge is -2.22. The van der Waals surface area contributed by atoms with E-state index in [2.05, 4.69) is 0 Å². The molecule has 8 aromatic rings. The molecule has 0 N–H and O–H groups in total. The predicted octanol–water partition coefficient (Wildman–Crippen LogP) is 36.8. The van der Waals surface area contributed by atoms with Gasteiger partial charge in [-0.05, 0) is 192 Å². The van der Waals surface area contributed by atoms with Crippen LogP contribution in [0.5, 0.6) is 0 Å². The molecule has 8 aromatic carbocycles. The minimum absolute atomic E-state index is 0.0366. The Kier molecular flexibility index (Phi) is 20.7. The van der Waals surface area contributed by atoms with Gasteiger partial charge in [0.25, 0.3) is 0 Å². The average Bonchev–Trinajstić information content (AvgIpc) is 0.711. The highest BCUT2D eigenvalue weighted by Gasteiger charge is 2.30. The van der Waals surface area contributed by atoms with Crippen molar-refractivity contribution in [2.75, 3.05) is 0 Å². The van der Waals surface area contributed by atoms with E-state index in [1.54, 1.807) is 44.2 Å². The Labute approximate surface area is 910 Å². The molecule has 16 heteroatoms. The predicted molar refractivity (Wildman–Crippen MR) is 552 cm³/mol. The first-order chi connectivity index (χ1) is 86.4. The molecule has 0 saturated heterocycles. The van der Waals surface area contributed by atoms with E-state index < -0.39 is 379 Å². The zero-order valence-electron chi connectivity index (χ0n) is 143. The molecule has 0 bridgehead atoms. The van der Waals surface area contributed by atoms with Crippen LogP contribution in [0.25, 0.3) is 0 Å². The maximum atomic E-state index is 13.0. The second-order valence-electron chi connectivity index (χ2n) is 33.0. The van der Waals surface area contributed by atoms with Gasteiger partial charge in [0.05, 0.1) is 21.9 Å². The number of hydrogen-bond donors (Lipinski definition) is 0. The van der Waals surface area contributed by atoms with E-state index in [4.69, 9.17) is 187 Å². The summed E-state index contributed by atoms with van der Waals surface area (Å²) in [5.74, 6) is -23.8. The number of benzene rings is 8. The maximum absolute atomic E-state index is 13.0. The zero-order valence-corrected chi connectivity index (χ0v) is 79.7. The molecule has 0 aliphatic carbocycles. The van der Waals surface area contributed by atoms with Crippen molar-refractivity contribution in [3.05, 3.63) is 278 Å². The summed E-state index contributed by atoms with van der Waals surface area (Å²) in [7, 11) is 0. The van der Waals surface area contributed by atoms with Crippen LogP contribution in [0, 0.1) is 90.5 Å². The highest BCUT2D eigenvalue weighted by molar-refractivity contribution is 6.33. The standard InChI is InChI=1S/8C14H19ClO/c8*1-10(9-14(2,3)4)13(16)11-6-5-7-12(15)8-11/h8*5-8,10H,9H2,1-4H3/t5*10-;;;/m11111.../s1/i2D3,3D3,4D3,5D,6D,7D,8D,10D;5D,6D,7D,8D,10D;2D3,3D3,4D3,10D;2D3,3D3,10D;2D3,10D;2D3,3D3,4D3,5D,6D,7D,8D,10D;5D,6D,7D,8D,10D;2D3,3D3,4D3,10D. The van der Waals surface area contributed by atoms with Gasteiger partial charge in [0, 0.05) is 204 Å². The van der Waals surface area contributed by atoms with E-state index in [0.717, 1.165) is 34.6 Å². The lowest BCUT2D eigenvalue weighted by molar-refractivity contribution is 0.0891. The second kappa shape index (κ2) is 54.6. The molecule has 0 amide bonds. The number of rotatable bonds is 24. The van der Waals surface area contributed by atoms with Gasteiger partial charge in [-0.15, -0.1) is 0 Å². The van der Waals surface area contributed by atoms with Gasteiger partial charge in [-0.1, -0.05) is 410 Å².